The Labute approximate surface area is 113 Å². The van der Waals surface area contributed by atoms with Crippen molar-refractivity contribution in [1.82, 2.24) is 10.6 Å². The van der Waals surface area contributed by atoms with Crippen LogP contribution in [0.2, 0.25) is 0 Å². The zero-order valence-electron chi connectivity index (χ0n) is 10.6. The largest absolute Gasteiger partial charge is 0.492 e. The topological polar surface area (TPSA) is 105 Å². The molecule has 1 aromatic carbocycles. The van der Waals surface area contributed by atoms with Gasteiger partial charge < -0.3 is 15.2 Å². The average Bonchev–Trinajstić information content (AvgIpc) is 2.38. The number of carboxylic acids is 1. The summed E-state index contributed by atoms with van der Waals surface area (Å²) < 4.78 is 18.1. The summed E-state index contributed by atoms with van der Waals surface area (Å²) in [4.78, 5) is 33.0. The van der Waals surface area contributed by atoms with Crippen molar-refractivity contribution >= 4 is 17.9 Å². The fourth-order valence-electron chi connectivity index (χ4n) is 1.30. The van der Waals surface area contributed by atoms with Gasteiger partial charge in [0.25, 0.3) is 0 Å². The van der Waals surface area contributed by atoms with Gasteiger partial charge in [-0.1, -0.05) is 0 Å². The molecule has 20 heavy (non-hydrogen) atoms. The van der Waals surface area contributed by atoms with Crippen LogP contribution in [0, 0.1) is 5.82 Å². The molecule has 0 spiro atoms. The Kier molecular flexibility index (Phi) is 5.45. The smallest absolute Gasteiger partial charge is 0.339 e. The Bertz CT molecular complexity index is 533. The molecule has 0 unspecified atom stereocenters. The Hall–Kier alpha value is -2.64. The van der Waals surface area contributed by atoms with Gasteiger partial charge in [-0.05, 0) is 12.1 Å². The molecular weight excluding hydrogens is 271 g/mol. The molecule has 0 bridgehead atoms. The van der Waals surface area contributed by atoms with Crippen LogP contribution in [0.4, 0.5) is 9.18 Å². The van der Waals surface area contributed by atoms with Crippen LogP contribution in [0.25, 0.3) is 0 Å². The number of nitrogens with one attached hydrogen (secondary N) is 2. The second-order valence-corrected chi connectivity index (χ2v) is 3.67. The van der Waals surface area contributed by atoms with Gasteiger partial charge in [-0.15, -0.1) is 0 Å². The molecule has 0 heterocycles. The minimum atomic E-state index is -1.27. The van der Waals surface area contributed by atoms with Gasteiger partial charge >= 0.3 is 12.0 Å². The molecule has 1 aromatic rings. The van der Waals surface area contributed by atoms with Gasteiger partial charge in [-0.25, -0.2) is 14.0 Å². The third-order valence-corrected chi connectivity index (χ3v) is 2.24. The van der Waals surface area contributed by atoms with Crippen molar-refractivity contribution in [3.8, 4) is 5.75 Å². The number of ether oxygens (including phenoxy) is 1. The SMILES string of the molecule is CNC(=O)NC(=O)CCOc1cc(F)ccc1C(=O)O. The lowest BCUT2D eigenvalue weighted by Crippen LogP contribution is -2.37. The highest BCUT2D eigenvalue weighted by Gasteiger charge is 2.13. The zero-order chi connectivity index (χ0) is 15.1. The second kappa shape index (κ2) is 7.07. The monoisotopic (exact) mass is 284 g/mol. The van der Waals surface area contributed by atoms with Crippen LogP contribution in [-0.4, -0.2) is 36.7 Å². The lowest BCUT2D eigenvalue weighted by Gasteiger charge is -2.09. The van der Waals surface area contributed by atoms with Gasteiger partial charge in [0.2, 0.25) is 5.91 Å². The summed E-state index contributed by atoms with van der Waals surface area (Å²) >= 11 is 0. The molecule has 0 radical (unpaired) electrons. The normalized spacial score (nSPS) is 9.70. The number of hydrogen-bond acceptors (Lipinski definition) is 4. The summed E-state index contributed by atoms with van der Waals surface area (Å²) in [7, 11) is 1.35. The number of aromatic carboxylic acids is 1. The summed E-state index contributed by atoms with van der Waals surface area (Å²) in [5.74, 6) is -2.70. The van der Waals surface area contributed by atoms with E-state index >= 15 is 0 Å². The number of rotatable bonds is 5. The van der Waals surface area contributed by atoms with E-state index in [9.17, 15) is 18.8 Å². The Balaban J connectivity index is 2.57. The summed E-state index contributed by atoms with van der Waals surface area (Å²) in [6.07, 6.45) is -0.178. The maximum atomic E-state index is 13.0. The average molecular weight is 284 g/mol. The minimum Gasteiger partial charge on any atom is -0.492 e. The molecule has 8 heteroatoms. The van der Waals surface area contributed by atoms with Crippen molar-refractivity contribution in [1.29, 1.82) is 0 Å². The van der Waals surface area contributed by atoms with Crippen LogP contribution in [-0.2, 0) is 4.79 Å². The second-order valence-electron chi connectivity index (χ2n) is 3.67. The third kappa shape index (κ3) is 4.56. The molecule has 0 atom stereocenters. The van der Waals surface area contributed by atoms with Crippen LogP contribution >= 0.6 is 0 Å². The van der Waals surface area contributed by atoms with E-state index in [0.717, 1.165) is 18.2 Å². The standard InChI is InChI=1S/C12H13FN2O5/c1-14-12(19)15-10(16)4-5-20-9-6-7(13)2-3-8(9)11(17)18/h2-3,6H,4-5H2,1H3,(H,17,18)(H2,14,15,16,19). The fourth-order valence-corrected chi connectivity index (χ4v) is 1.30. The van der Waals surface area contributed by atoms with E-state index in [0.29, 0.717) is 0 Å². The predicted molar refractivity (Wildman–Crippen MR) is 66.1 cm³/mol. The molecule has 0 aromatic heterocycles. The Morgan fingerprint density at radius 1 is 1.35 bits per heavy atom. The van der Waals surface area contributed by atoms with Crippen molar-refractivity contribution < 1.29 is 28.6 Å². The van der Waals surface area contributed by atoms with Crippen molar-refractivity contribution in [3.05, 3.63) is 29.6 Å². The molecule has 0 fully saturated rings. The zero-order valence-corrected chi connectivity index (χ0v) is 10.6. The molecule has 3 amide bonds. The molecule has 3 N–H and O–H groups in total. The van der Waals surface area contributed by atoms with E-state index in [-0.39, 0.29) is 24.3 Å². The van der Waals surface area contributed by atoms with E-state index < -0.39 is 23.7 Å². The summed E-state index contributed by atoms with van der Waals surface area (Å²) in [5, 5.41) is 13.1. The number of halogens is 1. The highest BCUT2D eigenvalue weighted by molar-refractivity contribution is 5.94. The first-order chi connectivity index (χ1) is 9.43. The van der Waals surface area contributed by atoms with Gasteiger partial charge in [0, 0.05) is 13.1 Å². The number of hydrogen-bond donors (Lipinski definition) is 3. The Morgan fingerprint density at radius 3 is 2.65 bits per heavy atom. The van der Waals surface area contributed by atoms with Crippen LogP contribution in [0.5, 0.6) is 5.75 Å². The predicted octanol–water partition coefficient (Wildman–Crippen LogP) is 0.748. The molecule has 0 aliphatic heterocycles. The number of imide groups is 1. The van der Waals surface area contributed by atoms with Crippen LogP contribution < -0.4 is 15.4 Å². The van der Waals surface area contributed by atoms with Crippen molar-refractivity contribution in [2.24, 2.45) is 0 Å². The maximum absolute atomic E-state index is 13.0. The number of carbonyl (C=O) groups is 3. The quantitative estimate of drug-likeness (QED) is 0.740. The third-order valence-electron chi connectivity index (χ3n) is 2.24. The first-order valence-electron chi connectivity index (χ1n) is 5.61. The van der Waals surface area contributed by atoms with E-state index in [1.54, 1.807) is 0 Å². The maximum Gasteiger partial charge on any atom is 0.339 e. The van der Waals surface area contributed by atoms with E-state index in [2.05, 4.69) is 5.32 Å². The fraction of sp³-hybridized carbons (Fsp3) is 0.250. The molecule has 0 saturated heterocycles. The van der Waals surface area contributed by atoms with E-state index in [1.807, 2.05) is 5.32 Å². The molecule has 1 rings (SSSR count). The highest BCUT2D eigenvalue weighted by atomic mass is 19.1. The van der Waals surface area contributed by atoms with Gasteiger partial charge in [0.1, 0.15) is 17.1 Å². The van der Waals surface area contributed by atoms with Gasteiger partial charge in [0.05, 0.1) is 13.0 Å². The van der Waals surface area contributed by atoms with E-state index in [1.165, 1.54) is 7.05 Å². The van der Waals surface area contributed by atoms with Gasteiger partial charge in [-0.3, -0.25) is 10.1 Å². The molecule has 0 aliphatic carbocycles. The number of carbonyl (C=O) groups excluding carboxylic acids is 2. The van der Waals surface area contributed by atoms with Crippen LogP contribution in [0.3, 0.4) is 0 Å². The number of amides is 3. The Morgan fingerprint density at radius 2 is 2.05 bits per heavy atom. The molecule has 0 saturated carbocycles. The number of benzene rings is 1. The lowest BCUT2D eigenvalue weighted by molar-refractivity contribution is -0.120. The minimum absolute atomic E-state index is 0.176. The summed E-state index contributed by atoms with van der Waals surface area (Å²) in [6.45, 7) is -0.188. The van der Waals surface area contributed by atoms with Crippen LogP contribution in [0.1, 0.15) is 16.8 Å². The summed E-state index contributed by atoms with van der Waals surface area (Å²) in [5.41, 5.74) is -0.210. The molecule has 108 valence electrons. The van der Waals surface area contributed by atoms with Gasteiger partial charge in [0.15, 0.2) is 0 Å². The number of urea groups is 1. The molecular formula is C12H13FN2O5. The van der Waals surface area contributed by atoms with Crippen molar-refractivity contribution in [3.63, 3.8) is 0 Å². The van der Waals surface area contributed by atoms with Crippen LogP contribution in [0.15, 0.2) is 18.2 Å². The molecule has 7 nitrogen and oxygen atoms in total. The number of carboxylic acid groups (broad SMARTS) is 1. The lowest BCUT2D eigenvalue weighted by atomic mass is 10.2. The first-order valence-corrected chi connectivity index (χ1v) is 5.61. The van der Waals surface area contributed by atoms with Gasteiger partial charge in [-0.2, -0.15) is 0 Å². The van der Waals surface area contributed by atoms with E-state index in [4.69, 9.17) is 9.84 Å². The molecule has 0 aliphatic rings. The first kappa shape index (κ1) is 15.4. The van der Waals surface area contributed by atoms with Crippen molar-refractivity contribution in [2.45, 2.75) is 6.42 Å². The summed E-state index contributed by atoms with van der Waals surface area (Å²) in [6, 6.07) is 2.32. The highest BCUT2D eigenvalue weighted by Crippen LogP contribution is 2.20. The van der Waals surface area contributed by atoms with Crippen molar-refractivity contribution in [2.75, 3.05) is 13.7 Å².